The molecule has 4 aromatic rings. The number of hydrogen-bond acceptors (Lipinski definition) is 5. The molecule has 0 aliphatic rings. The SMILES string of the molecule is CC(OC(=O)c1csc(-c2ccccc2)n1)C(=O)c1c[nH]c2ccccc12. The molecule has 0 bridgehead atoms. The van der Waals surface area contributed by atoms with Gasteiger partial charge in [-0.3, -0.25) is 4.79 Å². The molecule has 2 aromatic carbocycles. The van der Waals surface area contributed by atoms with Crippen LogP contribution in [0.3, 0.4) is 0 Å². The standard InChI is InChI=1S/C21H16N2O3S/c1-13(19(24)16-11-22-17-10-6-5-9-15(16)17)26-21(25)18-12-27-20(23-18)14-7-3-2-4-8-14/h2-13,22H,1H3. The van der Waals surface area contributed by atoms with Crippen molar-refractivity contribution in [2.45, 2.75) is 13.0 Å². The van der Waals surface area contributed by atoms with E-state index in [-0.39, 0.29) is 11.5 Å². The van der Waals surface area contributed by atoms with Gasteiger partial charge >= 0.3 is 5.97 Å². The van der Waals surface area contributed by atoms with Gasteiger partial charge in [-0.1, -0.05) is 48.5 Å². The zero-order valence-electron chi connectivity index (χ0n) is 14.5. The third kappa shape index (κ3) is 3.39. The number of hydrogen-bond donors (Lipinski definition) is 1. The van der Waals surface area contributed by atoms with Crippen LogP contribution in [-0.2, 0) is 4.74 Å². The van der Waals surface area contributed by atoms with E-state index in [1.165, 1.54) is 11.3 Å². The number of carbonyl (C=O) groups is 2. The third-order valence-corrected chi connectivity index (χ3v) is 5.13. The Morgan fingerprint density at radius 1 is 1.07 bits per heavy atom. The fourth-order valence-corrected chi connectivity index (χ4v) is 3.65. The number of Topliss-reactive ketones (excluding diaryl/α,β-unsaturated/α-hetero) is 1. The summed E-state index contributed by atoms with van der Waals surface area (Å²) in [4.78, 5) is 32.5. The van der Waals surface area contributed by atoms with E-state index in [9.17, 15) is 9.59 Å². The molecule has 27 heavy (non-hydrogen) atoms. The molecule has 0 radical (unpaired) electrons. The van der Waals surface area contributed by atoms with Gasteiger partial charge in [0.15, 0.2) is 11.8 Å². The lowest BCUT2D eigenvalue weighted by Gasteiger charge is -2.10. The summed E-state index contributed by atoms with van der Waals surface area (Å²) in [7, 11) is 0. The molecule has 0 saturated heterocycles. The normalized spacial score (nSPS) is 12.0. The molecule has 2 aromatic heterocycles. The van der Waals surface area contributed by atoms with Gasteiger partial charge in [-0.25, -0.2) is 9.78 Å². The van der Waals surface area contributed by atoms with Crippen LogP contribution in [0.4, 0.5) is 0 Å². The Balaban J connectivity index is 1.49. The highest BCUT2D eigenvalue weighted by Crippen LogP contribution is 2.24. The average molecular weight is 376 g/mol. The van der Waals surface area contributed by atoms with Crippen LogP contribution in [0.15, 0.2) is 66.2 Å². The van der Waals surface area contributed by atoms with Crippen molar-refractivity contribution < 1.29 is 14.3 Å². The summed E-state index contributed by atoms with van der Waals surface area (Å²) in [5.41, 5.74) is 2.52. The molecule has 1 unspecified atom stereocenters. The minimum Gasteiger partial charge on any atom is -0.450 e. The summed E-state index contributed by atoms with van der Waals surface area (Å²) < 4.78 is 5.36. The summed E-state index contributed by atoms with van der Waals surface area (Å²) in [5, 5.41) is 3.19. The number of ether oxygens (including phenoxy) is 1. The zero-order chi connectivity index (χ0) is 18.8. The first kappa shape index (κ1) is 17.2. The van der Waals surface area contributed by atoms with E-state index in [0.717, 1.165) is 21.5 Å². The Kier molecular flexibility index (Phi) is 4.56. The smallest absolute Gasteiger partial charge is 0.358 e. The number of H-pyrrole nitrogens is 1. The fourth-order valence-electron chi connectivity index (χ4n) is 2.85. The van der Waals surface area contributed by atoms with Gasteiger partial charge in [0.2, 0.25) is 5.78 Å². The first-order valence-electron chi connectivity index (χ1n) is 8.46. The van der Waals surface area contributed by atoms with Crippen LogP contribution >= 0.6 is 11.3 Å². The summed E-state index contributed by atoms with van der Waals surface area (Å²) in [6.45, 7) is 1.58. The number of thiazole rings is 1. The fraction of sp³-hybridized carbons (Fsp3) is 0.0952. The Morgan fingerprint density at radius 3 is 2.63 bits per heavy atom. The number of aromatic amines is 1. The molecule has 0 aliphatic heterocycles. The third-order valence-electron chi connectivity index (χ3n) is 4.24. The molecule has 6 heteroatoms. The van der Waals surface area contributed by atoms with E-state index in [4.69, 9.17) is 4.74 Å². The van der Waals surface area contributed by atoms with E-state index in [1.807, 2.05) is 54.6 Å². The lowest BCUT2D eigenvalue weighted by Crippen LogP contribution is -2.24. The largest absolute Gasteiger partial charge is 0.450 e. The predicted octanol–water partition coefficient (Wildman–Crippen LogP) is 4.72. The monoisotopic (exact) mass is 376 g/mol. The number of fused-ring (bicyclic) bond motifs is 1. The van der Waals surface area contributed by atoms with E-state index >= 15 is 0 Å². The molecule has 4 rings (SSSR count). The highest BCUT2D eigenvalue weighted by atomic mass is 32.1. The predicted molar refractivity (Wildman–Crippen MR) is 105 cm³/mol. The van der Waals surface area contributed by atoms with Gasteiger partial charge in [-0.15, -0.1) is 11.3 Å². The van der Waals surface area contributed by atoms with Gasteiger partial charge in [0.1, 0.15) is 5.01 Å². The van der Waals surface area contributed by atoms with Crippen LogP contribution in [0.1, 0.15) is 27.8 Å². The maximum Gasteiger partial charge on any atom is 0.358 e. The first-order valence-corrected chi connectivity index (χ1v) is 9.33. The number of carbonyl (C=O) groups excluding carboxylic acids is 2. The number of rotatable bonds is 5. The van der Waals surface area contributed by atoms with Crippen LogP contribution in [0, 0.1) is 0 Å². The second-order valence-corrected chi connectivity index (χ2v) is 6.92. The summed E-state index contributed by atoms with van der Waals surface area (Å²) in [5.74, 6) is -0.853. The van der Waals surface area contributed by atoms with E-state index < -0.39 is 12.1 Å². The van der Waals surface area contributed by atoms with Gasteiger partial charge in [-0.2, -0.15) is 0 Å². The Labute approximate surface area is 159 Å². The van der Waals surface area contributed by atoms with Crippen molar-refractivity contribution >= 4 is 34.0 Å². The van der Waals surface area contributed by atoms with Crippen LogP contribution in [0.25, 0.3) is 21.5 Å². The molecule has 1 N–H and O–H groups in total. The Morgan fingerprint density at radius 2 is 1.81 bits per heavy atom. The van der Waals surface area contributed by atoms with Gasteiger partial charge in [-0.05, 0) is 13.0 Å². The highest BCUT2D eigenvalue weighted by Gasteiger charge is 2.24. The number of aromatic nitrogens is 2. The topological polar surface area (TPSA) is 72.0 Å². The lowest BCUT2D eigenvalue weighted by atomic mass is 10.1. The molecule has 0 spiro atoms. The van der Waals surface area contributed by atoms with Crippen LogP contribution in [0.5, 0.6) is 0 Å². The van der Waals surface area contributed by atoms with E-state index in [1.54, 1.807) is 18.5 Å². The van der Waals surface area contributed by atoms with Crippen molar-refractivity contribution in [3.63, 3.8) is 0 Å². The van der Waals surface area contributed by atoms with Gasteiger partial charge in [0.25, 0.3) is 0 Å². The molecular formula is C21H16N2O3S. The quantitative estimate of drug-likeness (QED) is 0.404. The summed E-state index contributed by atoms with van der Waals surface area (Å²) >= 11 is 1.36. The maximum absolute atomic E-state index is 12.7. The number of benzene rings is 2. The minimum atomic E-state index is -0.904. The Bertz CT molecular complexity index is 1110. The van der Waals surface area contributed by atoms with E-state index in [2.05, 4.69) is 9.97 Å². The first-order chi connectivity index (χ1) is 13.1. The number of ketones is 1. The molecule has 0 amide bonds. The number of nitrogens with one attached hydrogen (secondary N) is 1. The molecule has 0 fully saturated rings. The van der Waals surface area contributed by atoms with Crippen LogP contribution in [0.2, 0.25) is 0 Å². The molecular weight excluding hydrogens is 360 g/mol. The second-order valence-electron chi connectivity index (χ2n) is 6.06. The molecule has 2 heterocycles. The van der Waals surface area contributed by atoms with Crippen molar-refractivity contribution in [1.29, 1.82) is 0 Å². The average Bonchev–Trinajstić information content (AvgIpc) is 3.35. The molecule has 0 saturated carbocycles. The summed E-state index contributed by atoms with van der Waals surface area (Å²) in [6.07, 6.45) is 0.742. The Hall–Kier alpha value is -3.25. The summed E-state index contributed by atoms with van der Waals surface area (Å²) in [6, 6.07) is 17.1. The molecule has 0 aliphatic carbocycles. The van der Waals surface area contributed by atoms with Crippen LogP contribution in [-0.4, -0.2) is 27.8 Å². The van der Waals surface area contributed by atoms with Crippen molar-refractivity contribution in [3.8, 4) is 10.6 Å². The molecule has 134 valence electrons. The number of esters is 1. The van der Waals surface area contributed by atoms with E-state index in [0.29, 0.717) is 5.56 Å². The zero-order valence-corrected chi connectivity index (χ0v) is 15.3. The lowest BCUT2D eigenvalue weighted by molar-refractivity contribution is 0.0314. The number of nitrogens with zero attached hydrogens (tertiary/aromatic N) is 1. The molecule has 5 nitrogen and oxygen atoms in total. The highest BCUT2D eigenvalue weighted by molar-refractivity contribution is 7.13. The number of para-hydroxylation sites is 1. The van der Waals surface area contributed by atoms with Crippen molar-refractivity contribution in [3.05, 3.63) is 77.4 Å². The van der Waals surface area contributed by atoms with Gasteiger partial charge in [0, 0.05) is 33.6 Å². The van der Waals surface area contributed by atoms with Crippen LogP contribution < -0.4 is 0 Å². The van der Waals surface area contributed by atoms with Crippen molar-refractivity contribution in [1.82, 2.24) is 9.97 Å². The minimum absolute atomic E-state index is 0.206. The maximum atomic E-state index is 12.7. The van der Waals surface area contributed by atoms with Crippen molar-refractivity contribution in [2.75, 3.05) is 0 Å². The molecule has 1 atom stereocenters. The van der Waals surface area contributed by atoms with Crippen molar-refractivity contribution in [2.24, 2.45) is 0 Å². The van der Waals surface area contributed by atoms with Gasteiger partial charge in [0.05, 0.1) is 0 Å². The van der Waals surface area contributed by atoms with Gasteiger partial charge < -0.3 is 9.72 Å². The second kappa shape index (κ2) is 7.17.